The number of ketones is 1. The summed E-state index contributed by atoms with van der Waals surface area (Å²) >= 11 is 0. The Labute approximate surface area is 205 Å². The summed E-state index contributed by atoms with van der Waals surface area (Å²) < 4.78 is 0. The Kier molecular flexibility index (Phi) is 9.43. The summed E-state index contributed by atoms with van der Waals surface area (Å²) in [7, 11) is 0. The van der Waals surface area contributed by atoms with E-state index in [-0.39, 0.29) is 0 Å². The van der Waals surface area contributed by atoms with E-state index in [9.17, 15) is 14.7 Å². The summed E-state index contributed by atoms with van der Waals surface area (Å²) in [5.74, 6) is -1.13. The highest BCUT2D eigenvalue weighted by Gasteiger charge is 2.51. The van der Waals surface area contributed by atoms with Crippen molar-refractivity contribution in [3.63, 3.8) is 0 Å². The van der Waals surface area contributed by atoms with Crippen LogP contribution in [0.3, 0.4) is 0 Å². The summed E-state index contributed by atoms with van der Waals surface area (Å²) in [5, 5.41) is 11.0. The number of carbonyl (C=O) groups is 2. The van der Waals surface area contributed by atoms with E-state index in [2.05, 4.69) is 20.8 Å². The van der Waals surface area contributed by atoms with E-state index < -0.39 is 29.4 Å². The number of aliphatic hydroxyl groups is 1. The van der Waals surface area contributed by atoms with Gasteiger partial charge in [-0.2, -0.15) is 0 Å². The maximum absolute atomic E-state index is 14.1. The average molecular weight is 470 g/mol. The van der Waals surface area contributed by atoms with E-state index >= 15 is 0 Å². The first-order chi connectivity index (χ1) is 16.4. The maximum atomic E-state index is 14.1. The van der Waals surface area contributed by atoms with Crippen LogP contribution in [-0.4, -0.2) is 40.8 Å². The van der Waals surface area contributed by atoms with Crippen molar-refractivity contribution < 1.29 is 14.7 Å². The highest BCUT2D eigenvalue weighted by Crippen LogP contribution is 2.39. The normalized spacial score (nSPS) is 22.1. The van der Waals surface area contributed by atoms with Crippen LogP contribution in [0.2, 0.25) is 0 Å². The summed E-state index contributed by atoms with van der Waals surface area (Å²) in [6, 6.07) is 7.76. The Hall–Kier alpha value is -2.05. The fraction of sp³-hybridized carbons (Fsp3) is 0.679. The van der Waals surface area contributed by atoms with Crippen LogP contribution in [0.5, 0.6) is 0 Å². The van der Waals surface area contributed by atoms with Crippen molar-refractivity contribution in [3.8, 4) is 0 Å². The van der Waals surface area contributed by atoms with Gasteiger partial charge in [-0.25, -0.2) is 4.99 Å². The molecule has 34 heavy (non-hydrogen) atoms. The second-order valence-electron chi connectivity index (χ2n) is 10.1. The third kappa shape index (κ3) is 5.95. The molecule has 1 aliphatic heterocycles. The molecule has 2 aliphatic rings. The molecular formula is C28H43N3O3. The Morgan fingerprint density at radius 2 is 1.82 bits per heavy atom. The van der Waals surface area contributed by atoms with Crippen molar-refractivity contribution in [2.24, 2.45) is 22.6 Å². The largest absolute Gasteiger partial charge is 0.392 e. The number of benzene rings is 1. The minimum atomic E-state index is -2.01. The van der Waals surface area contributed by atoms with Crippen molar-refractivity contribution in [1.82, 2.24) is 0 Å². The number of amides is 1. The minimum absolute atomic E-state index is 0.420. The Morgan fingerprint density at radius 1 is 1.15 bits per heavy atom. The number of aliphatic imine (C=N–C) groups is 1. The van der Waals surface area contributed by atoms with Gasteiger partial charge in [-0.05, 0) is 44.1 Å². The summed E-state index contributed by atoms with van der Waals surface area (Å²) in [5.41, 5.74) is 7.14. The molecule has 1 saturated carbocycles. The number of benzodiazepines with no additional fused rings is 1. The Morgan fingerprint density at radius 3 is 2.47 bits per heavy atom. The van der Waals surface area contributed by atoms with Gasteiger partial charge in [0.25, 0.3) is 5.91 Å². The molecule has 3 rings (SSSR count). The van der Waals surface area contributed by atoms with Gasteiger partial charge >= 0.3 is 0 Å². The molecule has 1 aliphatic carbocycles. The molecule has 3 N–H and O–H groups in total. The lowest BCUT2D eigenvalue weighted by atomic mass is 9.82. The summed E-state index contributed by atoms with van der Waals surface area (Å²) in [4.78, 5) is 34.6. The molecule has 0 aromatic heterocycles. The number of para-hydroxylation sites is 1. The number of hydrogen-bond acceptors (Lipinski definition) is 5. The SMILES string of the molecule is CCCCC1=NC(N)(C(=O)[C@H](CC2CC2)[C@@H](O)CCCC)C(=O)N(CCCC)c2ccccc21. The molecule has 1 aromatic carbocycles. The number of rotatable bonds is 14. The zero-order valence-electron chi connectivity index (χ0n) is 21.3. The van der Waals surface area contributed by atoms with Crippen LogP contribution >= 0.6 is 0 Å². The Balaban J connectivity index is 2.07. The number of fused-ring (bicyclic) bond motifs is 1. The Bertz CT molecular complexity index is 879. The second-order valence-corrected chi connectivity index (χ2v) is 10.1. The van der Waals surface area contributed by atoms with Crippen LogP contribution in [0.25, 0.3) is 0 Å². The second kappa shape index (κ2) is 12.1. The molecule has 1 amide bonds. The number of Topliss-reactive ketones (excluding diaryl/α,β-unsaturated/α-hetero) is 1. The number of anilines is 1. The lowest BCUT2D eigenvalue weighted by Gasteiger charge is -2.33. The first-order valence-electron chi connectivity index (χ1n) is 13.4. The van der Waals surface area contributed by atoms with Crippen molar-refractivity contribution in [2.45, 2.75) is 103 Å². The predicted molar refractivity (Wildman–Crippen MR) is 138 cm³/mol. The smallest absolute Gasteiger partial charge is 0.277 e. The lowest BCUT2D eigenvalue weighted by Crippen LogP contribution is -2.62. The monoisotopic (exact) mass is 469 g/mol. The topological polar surface area (TPSA) is 96.0 Å². The van der Waals surface area contributed by atoms with E-state index in [0.717, 1.165) is 62.6 Å². The van der Waals surface area contributed by atoms with Crippen molar-refractivity contribution >= 4 is 23.1 Å². The van der Waals surface area contributed by atoms with Gasteiger partial charge in [0.15, 0.2) is 5.78 Å². The highest BCUT2D eigenvalue weighted by molar-refractivity contribution is 6.22. The van der Waals surface area contributed by atoms with Gasteiger partial charge in [0, 0.05) is 23.7 Å². The van der Waals surface area contributed by atoms with Gasteiger partial charge in [-0.1, -0.05) is 77.5 Å². The van der Waals surface area contributed by atoms with E-state index in [1.165, 1.54) is 0 Å². The van der Waals surface area contributed by atoms with E-state index in [1.54, 1.807) is 4.90 Å². The number of unbranched alkanes of at least 4 members (excludes halogenated alkanes) is 3. The number of carbonyl (C=O) groups excluding carboxylic acids is 2. The first-order valence-corrected chi connectivity index (χ1v) is 13.4. The maximum Gasteiger partial charge on any atom is 0.277 e. The molecule has 6 heteroatoms. The molecule has 3 atom stereocenters. The zero-order valence-corrected chi connectivity index (χ0v) is 21.3. The van der Waals surface area contributed by atoms with Crippen LogP contribution in [0.15, 0.2) is 29.3 Å². The highest BCUT2D eigenvalue weighted by atomic mass is 16.3. The molecular weight excluding hydrogens is 426 g/mol. The van der Waals surface area contributed by atoms with Crippen LogP contribution < -0.4 is 10.6 Å². The van der Waals surface area contributed by atoms with Gasteiger partial charge in [0.1, 0.15) is 0 Å². The predicted octanol–water partition coefficient (Wildman–Crippen LogP) is 5.00. The third-order valence-corrected chi connectivity index (χ3v) is 7.21. The van der Waals surface area contributed by atoms with Gasteiger partial charge in [0.2, 0.25) is 5.66 Å². The molecule has 6 nitrogen and oxygen atoms in total. The quantitative estimate of drug-likeness (QED) is 0.375. The molecule has 1 aromatic rings. The first kappa shape index (κ1) is 26.6. The van der Waals surface area contributed by atoms with Crippen molar-refractivity contribution in [1.29, 1.82) is 0 Å². The van der Waals surface area contributed by atoms with Crippen LogP contribution in [-0.2, 0) is 9.59 Å². The zero-order chi connectivity index (χ0) is 24.7. The summed E-state index contributed by atoms with van der Waals surface area (Å²) in [6.07, 6.45) is 8.46. The van der Waals surface area contributed by atoms with Crippen LogP contribution in [0.1, 0.15) is 97.0 Å². The minimum Gasteiger partial charge on any atom is -0.392 e. The molecule has 188 valence electrons. The fourth-order valence-electron chi connectivity index (χ4n) is 4.87. The molecule has 0 radical (unpaired) electrons. The van der Waals surface area contributed by atoms with E-state index in [4.69, 9.17) is 10.7 Å². The number of aliphatic hydroxyl groups excluding tert-OH is 1. The lowest BCUT2D eigenvalue weighted by molar-refractivity contribution is -0.139. The van der Waals surface area contributed by atoms with Crippen LogP contribution in [0.4, 0.5) is 5.69 Å². The van der Waals surface area contributed by atoms with Crippen molar-refractivity contribution in [2.75, 3.05) is 11.4 Å². The van der Waals surface area contributed by atoms with E-state index in [1.807, 2.05) is 24.3 Å². The molecule has 1 fully saturated rings. The van der Waals surface area contributed by atoms with Crippen LogP contribution in [0, 0.1) is 11.8 Å². The average Bonchev–Trinajstić information content (AvgIpc) is 3.68. The standard InChI is InChI=1S/C28H43N3O3/c1-4-7-13-23-21-12-10-11-14-24(21)31(18-9-6-3)27(34)28(29,30-23)26(33)22(19-20-16-17-20)25(32)15-8-5-2/h10-12,14,20,22,25,32H,4-9,13,15-19,29H2,1-3H3/t22-,25+,28?/m1/s1. The fourth-order valence-corrected chi connectivity index (χ4v) is 4.87. The molecule has 1 heterocycles. The number of nitrogens with two attached hydrogens (primary N) is 1. The molecule has 0 spiro atoms. The van der Waals surface area contributed by atoms with Gasteiger partial charge in [0.05, 0.1) is 11.8 Å². The number of hydrogen-bond donors (Lipinski definition) is 2. The molecule has 0 bridgehead atoms. The van der Waals surface area contributed by atoms with E-state index in [0.29, 0.717) is 37.4 Å². The molecule has 1 unspecified atom stereocenters. The van der Waals surface area contributed by atoms with Crippen molar-refractivity contribution in [3.05, 3.63) is 29.8 Å². The summed E-state index contributed by atoms with van der Waals surface area (Å²) in [6.45, 7) is 6.74. The van der Waals surface area contributed by atoms with Gasteiger partial charge in [-0.15, -0.1) is 0 Å². The molecule has 0 saturated heterocycles. The number of nitrogens with zero attached hydrogens (tertiary/aromatic N) is 2. The van der Waals surface area contributed by atoms with Gasteiger partial charge < -0.3 is 10.0 Å². The third-order valence-electron chi connectivity index (χ3n) is 7.21. The van der Waals surface area contributed by atoms with Gasteiger partial charge in [-0.3, -0.25) is 15.3 Å².